The first-order chi connectivity index (χ1) is 10.1. The summed E-state index contributed by atoms with van der Waals surface area (Å²) in [7, 11) is 0. The van der Waals surface area contributed by atoms with Crippen LogP contribution in [-0.2, 0) is 4.79 Å². The number of carbonyl (C=O) groups excluding carboxylic acids is 2. The molecule has 7 heteroatoms. The van der Waals surface area contributed by atoms with E-state index in [9.17, 15) is 9.59 Å². The van der Waals surface area contributed by atoms with E-state index in [0.717, 1.165) is 17.3 Å². The van der Waals surface area contributed by atoms with Crippen molar-refractivity contribution < 1.29 is 14.0 Å². The standard InChI is InChI=1S/C14H12BrN3O3/c15-9-2-1-3-10(6-9)16-13(20)11-7-21-14(17-11)18-12(19)8-4-5-8/h1-3,6-8H,4-5H2,(H,16,20)(H,17,18,19). The van der Waals surface area contributed by atoms with Crippen molar-refractivity contribution in [3.63, 3.8) is 0 Å². The van der Waals surface area contributed by atoms with Crippen LogP contribution < -0.4 is 10.6 Å². The number of halogens is 1. The van der Waals surface area contributed by atoms with E-state index < -0.39 is 5.91 Å². The molecule has 0 saturated heterocycles. The lowest BCUT2D eigenvalue weighted by Crippen LogP contribution is -2.15. The number of benzene rings is 1. The van der Waals surface area contributed by atoms with Crippen LogP contribution in [0, 0.1) is 5.92 Å². The maximum absolute atomic E-state index is 12.0. The molecule has 108 valence electrons. The SMILES string of the molecule is O=C(Nc1cccc(Br)c1)c1coc(NC(=O)C2CC2)n1. The number of oxazole rings is 1. The number of anilines is 2. The molecule has 2 N–H and O–H groups in total. The third kappa shape index (κ3) is 3.49. The summed E-state index contributed by atoms with van der Waals surface area (Å²) in [5.74, 6) is -0.463. The first-order valence-electron chi connectivity index (χ1n) is 6.45. The van der Waals surface area contributed by atoms with Crippen LogP contribution in [-0.4, -0.2) is 16.8 Å². The third-order valence-electron chi connectivity index (χ3n) is 3.00. The number of aromatic nitrogens is 1. The molecular weight excluding hydrogens is 338 g/mol. The normalized spacial score (nSPS) is 13.8. The Balaban J connectivity index is 1.64. The Hall–Kier alpha value is -2.15. The largest absolute Gasteiger partial charge is 0.431 e. The number of nitrogens with one attached hydrogen (secondary N) is 2. The average Bonchev–Trinajstić information content (AvgIpc) is 3.19. The minimum absolute atomic E-state index is 0.0475. The van der Waals surface area contributed by atoms with Gasteiger partial charge in [-0.15, -0.1) is 0 Å². The monoisotopic (exact) mass is 349 g/mol. The summed E-state index contributed by atoms with van der Waals surface area (Å²) < 4.78 is 5.94. The molecular formula is C14H12BrN3O3. The summed E-state index contributed by atoms with van der Waals surface area (Å²) >= 11 is 3.33. The zero-order chi connectivity index (χ0) is 14.8. The van der Waals surface area contributed by atoms with Crippen LogP contribution in [0.5, 0.6) is 0 Å². The van der Waals surface area contributed by atoms with Gasteiger partial charge in [0.1, 0.15) is 6.26 Å². The molecule has 1 aromatic heterocycles. The molecule has 2 amide bonds. The van der Waals surface area contributed by atoms with Gasteiger partial charge in [0.15, 0.2) is 5.69 Å². The summed E-state index contributed by atoms with van der Waals surface area (Å²) in [6.07, 6.45) is 3.00. The zero-order valence-electron chi connectivity index (χ0n) is 10.9. The van der Waals surface area contributed by atoms with Crippen LogP contribution in [0.1, 0.15) is 23.3 Å². The zero-order valence-corrected chi connectivity index (χ0v) is 12.5. The molecule has 0 aliphatic heterocycles. The first-order valence-corrected chi connectivity index (χ1v) is 7.24. The summed E-state index contributed by atoms with van der Waals surface area (Å²) in [6, 6.07) is 7.25. The van der Waals surface area contributed by atoms with Gasteiger partial charge >= 0.3 is 6.01 Å². The minimum Gasteiger partial charge on any atom is -0.431 e. The molecule has 0 radical (unpaired) electrons. The molecule has 1 fully saturated rings. The Kier molecular flexibility index (Phi) is 3.74. The minimum atomic E-state index is -0.399. The van der Waals surface area contributed by atoms with E-state index in [4.69, 9.17) is 4.42 Å². The number of amides is 2. The van der Waals surface area contributed by atoms with Gasteiger partial charge in [-0.2, -0.15) is 4.98 Å². The van der Waals surface area contributed by atoms with Crippen molar-refractivity contribution in [3.8, 4) is 0 Å². The fraction of sp³-hybridized carbons (Fsp3) is 0.214. The fourth-order valence-electron chi connectivity index (χ4n) is 1.75. The van der Waals surface area contributed by atoms with Crippen molar-refractivity contribution in [2.45, 2.75) is 12.8 Å². The predicted molar refractivity (Wildman–Crippen MR) is 80.0 cm³/mol. The van der Waals surface area contributed by atoms with Gasteiger partial charge in [-0.1, -0.05) is 22.0 Å². The summed E-state index contributed by atoms with van der Waals surface area (Å²) in [6.45, 7) is 0. The molecule has 1 aliphatic carbocycles. The smallest absolute Gasteiger partial charge is 0.302 e. The second-order valence-corrected chi connectivity index (χ2v) is 5.68. The molecule has 0 spiro atoms. The van der Waals surface area contributed by atoms with Crippen molar-refractivity contribution in [1.82, 2.24) is 4.98 Å². The summed E-state index contributed by atoms with van der Waals surface area (Å²) in [4.78, 5) is 27.5. The van der Waals surface area contributed by atoms with Gasteiger partial charge in [-0.05, 0) is 31.0 Å². The Labute approximate surface area is 129 Å². The topological polar surface area (TPSA) is 84.2 Å². The predicted octanol–water partition coefficient (Wildman–Crippen LogP) is 3.04. The molecule has 0 unspecified atom stereocenters. The summed E-state index contributed by atoms with van der Waals surface area (Å²) in [5, 5.41) is 5.24. The van der Waals surface area contributed by atoms with Crippen LogP contribution in [0.2, 0.25) is 0 Å². The van der Waals surface area contributed by atoms with E-state index >= 15 is 0 Å². The molecule has 1 aromatic carbocycles. The number of hydrogen-bond acceptors (Lipinski definition) is 4. The van der Waals surface area contributed by atoms with Crippen molar-refractivity contribution in [3.05, 3.63) is 40.7 Å². The highest BCUT2D eigenvalue weighted by atomic mass is 79.9. The van der Waals surface area contributed by atoms with E-state index in [1.165, 1.54) is 6.26 Å². The lowest BCUT2D eigenvalue weighted by molar-refractivity contribution is -0.117. The van der Waals surface area contributed by atoms with E-state index in [2.05, 4.69) is 31.5 Å². The van der Waals surface area contributed by atoms with Crippen LogP contribution in [0.25, 0.3) is 0 Å². The molecule has 1 heterocycles. The van der Waals surface area contributed by atoms with Gasteiger partial charge < -0.3 is 9.73 Å². The molecule has 6 nitrogen and oxygen atoms in total. The van der Waals surface area contributed by atoms with Crippen molar-refractivity contribution in [1.29, 1.82) is 0 Å². The van der Waals surface area contributed by atoms with E-state index in [1.54, 1.807) is 12.1 Å². The van der Waals surface area contributed by atoms with Gasteiger partial charge in [-0.3, -0.25) is 14.9 Å². The highest BCUT2D eigenvalue weighted by Crippen LogP contribution is 2.30. The molecule has 1 saturated carbocycles. The van der Waals surface area contributed by atoms with Gasteiger partial charge in [0.05, 0.1) is 0 Å². The van der Waals surface area contributed by atoms with Crippen LogP contribution in [0.4, 0.5) is 11.7 Å². The highest BCUT2D eigenvalue weighted by Gasteiger charge is 2.30. The van der Waals surface area contributed by atoms with Crippen LogP contribution >= 0.6 is 15.9 Å². The number of nitrogens with zero attached hydrogens (tertiary/aromatic N) is 1. The molecule has 1 aliphatic rings. The van der Waals surface area contributed by atoms with E-state index in [1.807, 2.05) is 12.1 Å². The van der Waals surface area contributed by atoms with Crippen molar-refractivity contribution in [2.75, 3.05) is 10.6 Å². The van der Waals surface area contributed by atoms with Gasteiger partial charge in [-0.25, -0.2) is 0 Å². The number of hydrogen-bond donors (Lipinski definition) is 2. The second kappa shape index (κ2) is 5.69. The first kappa shape index (κ1) is 13.8. The molecule has 2 aromatic rings. The average molecular weight is 350 g/mol. The second-order valence-electron chi connectivity index (χ2n) is 4.77. The number of rotatable bonds is 4. The molecule has 3 rings (SSSR count). The van der Waals surface area contributed by atoms with Crippen molar-refractivity contribution in [2.24, 2.45) is 5.92 Å². The maximum atomic E-state index is 12.0. The van der Waals surface area contributed by atoms with Crippen LogP contribution in [0.15, 0.2) is 39.4 Å². The Morgan fingerprint density at radius 2 is 2.10 bits per heavy atom. The quantitative estimate of drug-likeness (QED) is 0.888. The van der Waals surface area contributed by atoms with E-state index in [0.29, 0.717) is 5.69 Å². The lowest BCUT2D eigenvalue weighted by Gasteiger charge is -2.02. The Morgan fingerprint density at radius 3 is 2.81 bits per heavy atom. The number of carbonyl (C=O) groups is 2. The summed E-state index contributed by atoms with van der Waals surface area (Å²) in [5.41, 5.74) is 0.752. The van der Waals surface area contributed by atoms with Crippen LogP contribution in [0.3, 0.4) is 0 Å². The highest BCUT2D eigenvalue weighted by molar-refractivity contribution is 9.10. The molecule has 21 heavy (non-hydrogen) atoms. The fourth-order valence-corrected chi connectivity index (χ4v) is 2.15. The lowest BCUT2D eigenvalue weighted by atomic mass is 10.3. The van der Waals surface area contributed by atoms with Crippen molar-refractivity contribution >= 4 is 39.4 Å². The maximum Gasteiger partial charge on any atom is 0.302 e. The van der Waals surface area contributed by atoms with E-state index in [-0.39, 0.29) is 23.5 Å². The Morgan fingerprint density at radius 1 is 1.29 bits per heavy atom. The van der Waals surface area contributed by atoms with Gasteiger partial charge in [0, 0.05) is 16.1 Å². The van der Waals surface area contributed by atoms with Gasteiger partial charge in [0.2, 0.25) is 5.91 Å². The molecule has 0 atom stereocenters. The third-order valence-corrected chi connectivity index (χ3v) is 3.49. The Bertz CT molecular complexity index is 694. The molecule has 0 bridgehead atoms. The van der Waals surface area contributed by atoms with Gasteiger partial charge in [0.25, 0.3) is 5.91 Å².